The summed E-state index contributed by atoms with van der Waals surface area (Å²) in [5, 5.41) is 2.26. The van der Waals surface area contributed by atoms with E-state index in [9.17, 15) is 18.0 Å². The molecule has 9 heteroatoms. The number of sulfonamides is 1. The number of rotatable bonds is 7. The fourth-order valence-corrected chi connectivity index (χ4v) is 6.89. The van der Waals surface area contributed by atoms with Crippen LogP contribution in [0, 0.1) is 5.92 Å². The SMILES string of the molecule is C=CC(=O)NC1CC2CN(S(=O)(=O)C3CCN(C(=O)CCc4ccccc4)CC3)CC2O1. The fraction of sp³-hybridized carbons (Fsp3) is 0.565. The van der Waals surface area contributed by atoms with Crippen molar-refractivity contribution in [3.05, 3.63) is 48.6 Å². The Labute approximate surface area is 189 Å². The molecule has 3 fully saturated rings. The van der Waals surface area contributed by atoms with Crippen LogP contribution in [0.25, 0.3) is 0 Å². The van der Waals surface area contributed by atoms with Gasteiger partial charge in [0.25, 0.3) is 0 Å². The molecule has 3 heterocycles. The van der Waals surface area contributed by atoms with Crippen LogP contribution in [-0.4, -0.2) is 73.2 Å². The number of nitrogens with one attached hydrogen (secondary N) is 1. The van der Waals surface area contributed by atoms with E-state index in [1.807, 2.05) is 30.3 Å². The Hall–Kier alpha value is -2.23. The van der Waals surface area contributed by atoms with Crippen molar-refractivity contribution in [3.8, 4) is 0 Å². The largest absolute Gasteiger partial charge is 0.354 e. The first-order valence-electron chi connectivity index (χ1n) is 11.3. The zero-order chi connectivity index (χ0) is 22.7. The predicted molar refractivity (Wildman–Crippen MR) is 120 cm³/mol. The molecule has 32 heavy (non-hydrogen) atoms. The highest BCUT2D eigenvalue weighted by atomic mass is 32.2. The van der Waals surface area contributed by atoms with Crippen LogP contribution in [0.15, 0.2) is 43.0 Å². The van der Waals surface area contributed by atoms with Gasteiger partial charge in [-0.3, -0.25) is 9.59 Å². The smallest absolute Gasteiger partial charge is 0.245 e. The van der Waals surface area contributed by atoms with Crippen LogP contribution in [0.1, 0.15) is 31.2 Å². The van der Waals surface area contributed by atoms with Crippen molar-refractivity contribution in [2.75, 3.05) is 26.2 Å². The molecule has 1 aromatic rings. The van der Waals surface area contributed by atoms with Crippen LogP contribution in [0.4, 0.5) is 0 Å². The highest BCUT2D eigenvalue weighted by molar-refractivity contribution is 7.89. The Kier molecular flexibility index (Phi) is 6.97. The molecular formula is C23H31N3O5S. The Bertz CT molecular complexity index is 930. The van der Waals surface area contributed by atoms with Crippen molar-refractivity contribution in [1.82, 2.24) is 14.5 Å². The van der Waals surface area contributed by atoms with E-state index in [0.29, 0.717) is 58.3 Å². The topological polar surface area (TPSA) is 96.0 Å². The van der Waals surface area contributed by atoms with E-state index in [-0.39, 0.29) is 30.1 Å². The standard InChI is InChI=1S/C23H31N3O5S/c1-2-21(27)24-22-14-18-15-26(16-20(18)31-22)32(29,30)19-10-12-25(13-11-19)23(28)9-8-17-6-4-3-5-7-17/h2-7,18-20,22H,1,8-16H2,(H,24,27). The number of likely N-dealkylation sites (tertiary alicyclic amines) is 1. The molecule has 174 valence electrons. The third kappa shape index (κ3) is 5.05. The van der Waals surface area contributed by atoms with E-state index >= 15 is 0 Å². The summed E-state index contributed by atoms with van der Waals surface area (Å²) in [5.41, 5.74) is 1.13. The van der Waals surface area contributed by atoms with E-state index in [2.05, 4.69) is 11.9 Å². The molecule has 0 spiro atoms. The van der Waals surface area contributed by atoms with E-state index in [0.717, 1.165) is 5.56 Å². The number of ether oxygens (including phenoxy) is 1. The molecule has 1 N–H and O–H groups in total. The molecule has 0 aliphatic carbocycles. The van der Waals surface area contributed by atoms with Gasteiger partial charge in [-0.2, -0.15) is 4.31 Å². The summed E-state index contributed by atoms with van der Waals surface area (Å²) in [6, 6.07) is 9.90. The molecule has 3 unspecified atom stereocenters. The molecule has 3 atom stereocenters. The molecule has 3 saturated heterocycles. The van der Waals surface area contributed by atoms with Gasteiger partial charge in [0.2, 0.25) is 21.8 Å². The lowest BCUT2D eigenvalue weighted by Crippen LogP contribution is -2.47. The number of benzene rings is 1. The minimum absolute atomic E-state index is 0.0829. The average Bonchev–Trinajstić information content (AvgIpc) is 3.37. The van der Waals surface area contributed by atoms with Crippen molar-refractivity contribution < 1.29 is 22.7 Å². The van der Waals surface area contributed by atoms with Crippen molar-refractivity contribution in [2.45, 2.75) is 49.7 Å². The highest BCUT2D eigenvalue weighted by Gasteiger charge is 2.47. The lowest BCUT2D eigenvalue weighted by atomic mass is 10.1. The first-order valence-corrected chi connectivity index (χ1v) is 12.8. The zero-order valence-corrected chi connectivity index (χ0v) is 19.0. The van der Waals surface area contributed by atoms with Crippen LogP contribution in [0.3, 0.4) is 0 Å². The summed E-state index contributed by atoms with van der Waals surface area (Å²) >= 11 is 0. The van der Waals surface area contributed by atoms with Gasteiger partial charge >= 0.3 is 0 Å². The number of piperidine rings is 1. The van der Waals surface area contributed by atoms with Gasteiger partial charge in [0.15, 0.2) is 0 Å². The van der Waals surface area contributed by atoms with E-state index in [1.165, 1.54) is 6.08 Å². The molecule has 0 saturated carbocycles. The third-order valence-corrected chi connectivity index (χ3v) is 9.07. The van der Waals surface area contributed by atoms with Crippen molar-refractivity contribution in [2.24, 2.45) is 5.92 Å². The molecular weight excluding hydrogens is 430 g/mol. The van der Waals surface area contributed by atoms with Crippen LogP contribution < -0.4 is 5.32 Å². The fourth-order valence-electron chi connectivity index (χ4n) is 4.91. The molecule has 3 aliphatic heterocycles. The first kappa shape index (κ1) is 22.9. The Morgan fingerprint density at radius 2 is 1.88 bits per heavy atom. The molecule has 4 rings (SSSR count). The number of fused-ring (bicyclic) bond motifs is 1. The number of hydrogen-bond acceptors (Lipinski definition) is 5. The normalized spacial score (nSPS) is 26.6. The third-order valence-electron chi connectivity index (χ3n) is 6.74. The summed E-state index contributed by atoms with van der Waals surface area (Å²) in [6.45, 7) is 5.13. The quantitative estimate of drug-likeness (QED) is 0.618. The predicted octanol–water partition coefficient (Wildman–Crippen LogP) is 1.29. The number of hydrogen-bond donors (Lipinski definition) is 1. The molecule has 0 radical (unpaired) electrons. The van der Waals surface area contributed by atoms with E-state index < -0.39 is 15.3 Å². The Morgan fingerprint density at radius 1 is 1.16 bits per heavy atom. The van der Waals surface area contributed by atoms with Crippen molar-refractivity contribution in [1.29, 1.82) is 0 Å². The monoisotopic (exact) mass is 461 g/mol. The summed E-state index contributed by atoms with van der Waals surface area (Å²) in [6.07, 6.45) is 3.29. The van der Waals surface area contributed by atoms with Gasteiger partial charge < -0.3 is 15.0 Å². The van der Waals surface area contributed by atoms with Gasteiger partial charge in [0.05, 0.1) is 11.4 Å². The molecule has 1 aromatic carbocycles. The lowest BCUT2D eigenvalue weighted by Gasteiger charge is -2.34. The number of aryl methyl sites for hydroxylation is 1. The van der Waals surface area contributed by atoms with Gasteiger partial charge in [-0.25, -0.2) is 8.42 Å². The van der Waals surface area contributed by atoms with Gasteiger partial charge in [-0.15, -0.1) is 0 Å². The number of amides is 2. The molecule has 0 bridgehead atoms. The maximum Gasteiger partial charge on any atom is 0.245 e. The van der Waals surface area contributed by atoms with Crippen LogP contribution in [0.2, 0.25) is 0 Å². The Morgan fingerprint density at radius 3 is 2.53 bits per heavy atom. The summed E-state index contributed by atoms with van der Waals surface area (Å²) in [4.78, 5) is 25.8. The summed E-state index contributed by atoms with van der Waals surface area (Å²) in [7, 11) is -3.44. The van der Waals surface area contributed by atoms with Crippen molar-refractivity contribution >= 4 is 21.8 Å². The highest BCUT2D eigenvalue weighted by Crippen LogP contribution is 2.35. The minimum Gasteiger partial charge on any atom is -0.354 e. The molecule has 8 nitrogen and oxygen atoms in total. The second-order valence-corrected chi connectivity index (χ2v) is 11.0. The second-order valence-electron chi connectivity index (χ2n) is 8.80. The van der Waals surface area contributed by atoms with Gasteiger partial charge in [-0.05, 0) is 37.3 Å². The number of carbonyl (C=O) groups is 2. The van der Waals surface area contributed by atoms with Crippen LogP contribution in [0.5, 0.6) is 0 Å². The maximum atomic E-state index is 13.2. The van der Waals surface area contributed by atoms with E-state index in [1.54, 1.807) is 9.21 Å². The molecule has 3 aliphatic rings. The number of carbonyl (C=O) groups excluding carboxylic acids is 2. The number of nitrogens with zero attached hydrogens (tertiary/aromatic N) is 2. The van der Waals surface area contributed by atoms with Crippen LogP contribution >= 0.6 is 0 Å². The maximum absolute atomic E-state index is 13.2. The van der Waals surface area contributed by atoms with Gasteiger partial charge in [0, 0.05) is 38.5 Å². The lowest BCUT2D eigenvalue weighted by molar-refractivity contribution is -0.132. The van der Waals surface area contributed by atoms with E-state index in [4.69, 9.17) is 4.74 Å². The first-order chi connectivity index (χ1) is 15.4. The van der Waals surface area contributed by atoms with Gasteiger partial charge in [0.1, 0.15) is 6.23 Å². The Balaban J connectivity index is 1.24. The minimum atomic E-state index is -3.44. The molecule has 2 amide bonds. The van der Waals surface area contributed by atoms with Crippen molar-refractivity contribution in [3.63, 3.8) is 0 Å². The molecule has 0 aromatic heterocycles. The summed E-state index contributed by atoms with van der Waals surface area (Å²) < 4.78 is 33.8. The summed E-state index contributed by atoms with van der Waals surface area (Å²) in [5.74, 6) is -0.120. The van der Waals surface area contributed by atoms with Crippen LogP contribution in [-0.2, 0) is 30.8 Å². The zero-order valence-electron chi connectivity index (χ0n) is 18.2. The second kappa shape index (κ2) is 9.72. The van der Waals surface area contributed by atoms with Gasteiger partial charge in [-0.1, -0.05) is 36.9 Å². The average molecular weight is 462 g/mol.